The normalized spacial score (nSPS) is 22.3. The van der Waals surface area contributed by atoms with Gasteiger partial charge in [-0.1, -0.05) is 0 Å². The summed E-state index contributed by atoms with van der Waals surface area (Å²) < 4.78 is 10.7. The number of methoxy groups -OCH3 is 1. The Bertz CT molecular complexity index is 414. The van der Waals surface area contributed by atoms with Gasteiger partial charge in [-0.25, -0.2) is 0 Å². The molecule has 0 radical (unpaired) electrons. The molecular formula is C12H18N2O3. The summed E-state index contributed by atoms with van der Waals surface area (Å²) in [6.45, 7) is 4.49. The second-order valence-electron chi connectivity index (χ2n) is 4.22. The Kier molecular flexibility index (Phi) is 3.40. The van der Waals surface area contributed by atoms with Gasteiger partial charge in [0.2, 0.25) is 5.88 Å². The SMILES string of the molecule is COCC(C)N1OC(N)=CC1c1ccc(C)o1. The number of hydrogen-bond acceptors (Lipinski definition) is 5. The number of nitrogens with two attached hydrogens (primary N) is 1. The Morgan fingerprint density at radius 1 is 1.53 bits per heavy atom. The molecule has 2 rings (SSSR count). The maximum atomic E-state index is 5.71. The highest BCUT2D eigenvalue weighted by atomic mass is 16.7. The minimum absolute atomic E-state index is 0.0890. The highest BCUT2D eigenvalue weighted by Crippen LogP contribution is 2.32. The zero-order valence-corrected chi connectivity index (χ0v) is 10.3. The second kappa shape index (κ2) is 4.81. The standard InChI is InChI=1S/C12H18N2O3/c1-8(7-15-3)14-10(6-12(13)17-14)11-5-4-9(2)16-11/h4-6,8,10H,7,13H2,1-3H3. The Balaban J connectivity index is 2.18. The van der Waals surface area contributed by atoms with Crippen molar-refractivity contribution in [3.05, 3.63) is 35.6 Å². The molecule has 1 aliphatic heterocycles. The molecule has 94 valence electrons. The third-order valence-electron chi connectivity index (χ3n) is 2.70. The van der Waals surface area contributed by atoms with Crippen molar-refractivity contribution in [3.63, 3.8) is 0 Å². The lowest BCUT2D eigenvalue weighted by atomic mass is 10.2. The molecule has 2 atom stereocenters. The molecular weight excluding hydrogens is 220 g/mol. The van der Waals surface area contributed by atoms with E-state index in [1.165, 1.54) is 0 Å². The van der Waals surface area contributed by atoms with Gasteiger partial charge in [0.05, 0.1) is 12.6 Å². The monoisotopic (exact) mass is 238 g/mol. The van der Waals surface area contributed by atoms with Gasteiger partial charge in [0.25, 0.3) is 0 Å². The van der Waals surface area contributed by atoms with Gasteiger partial charge in [-0.3, -0.25) is 0 Å². The average Bonchev–Trinajstić information content (AvgIpc) is 2.84. The number of hydroxylamine groups is 2. The van der Waals surface area contributed by atoms with Crippen LogP contribution in [-0.2, 0) is 9.57 Å². The van der Waals surface area contributed by atoms with Gasteiger partial charge in [0, 0.05) is 13.2 Å². The molecule has 17 heavy (non-hydrogen) atoms. The van der Waals surface area contributed by atoms with Crippen molar-refractivity contribution in [2.24, 2.45) is 5.73 Å². The summed E-state index contributed by atoms with van der Waals surface area (Å²) in [5.74, 6) is 2.09. The zero-order valence-electron chi connectivity index (χ0n) is 10.3. The van der Waals surface area contributed by atoms with Crippen LogP contribution >= 0.6 is 0 Å². The summed E-state index contributed by atoms with van der Waals surface area (Å²) in [4.78, 5) is 5.48. The Morgan fingerprint density at radius 3 is 2.88 bits per heavy atom. The number of aryl methyl sites for hydroxylation is 1. The van der Waals surface area contributed by atoms with Crippen molar-refractivity contribution in [2.75, 3.05) is 13.7 Å². The quantitative estimate of drug-likeness (QED) is 0.865. The molecule has 2 N–H and O–H groups in total. The van der Waals surface area contributed by atoms with Crippen LogP contribution in [0.1, 0.15) is 24.5 Å². The summed E-state index contributed by atoms with van der Waals surface area (Å²) in [6.07, 6.45) is 1.84. The summed E-state index contributed by atoms with van der Waals surface area (Å²) in [6, 6.07) is 3.86. The van der Waals surface area contributed by atoms with Crippen LogP contribution in [0.2, 0.25) is 0 Å². The van der Waals surface area contributed by atoms with E-state index in [-0.39, 0.29) is 12.1 Å². The molecule has 0 amide bonds. The van der Waals surface area contributed by atoms with Crippen molar-refractivity contribution in [3.8, 4) is 0 Å². The second-order valence-corrected chi connectivity index (χ2v) is 4.22. The number of furan rings is 1. The fraction of sp³-hybridized carbons (Fsp3) is 0.500. The molecule has 1 aromatic heterocycles. The summed E-state index contributed by atoms with van der Waals surface area (Å²) >= 11 is 0. The van der Waals surface area contributed by atoms with Gasteiger partial charge in [-0.2, -0.15) is 0 Å². The van der Waals surface area contributed by atoms with Crippen LogP contribution in [0.3, 0.4) is 0 Å². The smallest absolute Gasteiger partial charge is 0.207 e. The van der Waals surface area contributed by atoms with Crippen LogP contribution in [0.15, 0.2) is 28.5 Å². The van der Waals surface area contributed by atoms with E-state index < -0.39 is 0 Å². The fourth-order valence-corrected chi connectivity index (χ4v) is 1.94. The lowest BCUT2D eigenvalue weighted by molar-refractivity contribution is -0.161. The largest absolute Gasteiger partial charge is 0.464 e. The summed E-state index contributed by atoms with van der Waals surface area (Å²) in [5, 5.41) is 1.79. The van der Waals surface area contributed by atoms with Gasteiger partial charge >= 0.3 is 0 Å². The lowest BCUT2D eigenvalue weighted by Crippen LogP contribution is -2.35. The number of rotatable bonds is 4. The molecule has 0 aromatic carbocycles. The van der Waals surface area contributed by atoms with Crippen LogP contribution in [-0.4, -0.2) is 24.8 Å². The minimum atomic E-state index is -0.0890. The highest BCUT2D eigenvalue weighted by Gasteiger charge is 2.33. The van der Waals surface area contributed by atoms with E-state index in [0.29, 0.717) is 12.5 Å². The molecule has 2 heterocycles. The molecule has 1 aliphatic rings. The van der Waals surface area contributed by atoms with Gasteiger partial charge in [-0.05, 0) is 26.0 Å². The van der Waals surface area contributed by atoms with E-state index in [0.717, 1.165) is 11.5 Å². The highest BCUT2D eigenvalue weighted by molar-refractivity contribution is 5.18. The van der Waals surface area contributed by atoms with E-state index in [2.05, 4.69) is 0 Å². The fourth-order valence-electron chi connectivity index (χ4n) is 1.94. The van der Waals surface area contributed by atoms with Crippen molar-refractivity contribution in [1.29, 1.82) is 0 Å². The molecule has 0 bridgehead atoms. The van der Waals surface area contributed by atoms with Crippen LogP contribution in [0.25, 0.3) is 0 Å². The van der Waals surface area contributed by atoms with Crippen LogP contribution in [0, 0.1) is 6.92 Å². The number of hydrogen-bond donors (Lipinski definition) is 1. The average molecular weight is 238 g/mol. The number of nitrogens with zero attached hydrogens (tertiary/aromatic N) is 1. The van der Waals surface area contributed by atoms with Gasteiger partial charge in [0.1, 0.15) is 17.6 Å². The first kappa shape index (κ1) is 12.0. The maximum Gasteiger partial charge on any atom is 0.207 e. The molecule has 5 heteroatoms. The van der Waals surface area contributed by atoms with E-state index in [4.69, 9.17) is 19.7 Å². The molecule has 0 spiro atoms. The third-order valence-corrected chi connectivity index (χ3v) is 2.70. The Labute approximate surface area is 101 Å². The van der Waals surface area contributed by atoms with Crippen LogP contribution in [0.5, 0.6) is 0 Å². The Hall–Kier alpha value is -1.46. The molecule has 0 fully saturated rings. The number of ether oxygens (including phenoxy) is 1. The van der Waals surface area contributed by atoms with Crippen LogP contribution < -0.4 is 5.73 Å². The molecule has 0 aliphatic carbocycles. The van der Waals surface area contributed by atoms with Crippen molar-refractivity contribution in [2.45, 2.75) is 25.9 Å². The zero-order chi connectivity index (χ0) is 12.4. The third kappa shape index (κ3) is 2.45. The van der Waals surface area contributed by atoms with Crippen molar-refractivity contribution >= 4 is 0 Å². The lowest BCUT2D eigenvalue weighted by Gasteiger charge is -2.26. The van der Waals surface area contributed by atoms with E-state index in [1.54, 1.807) is 12.2 Å². The molecule has 1 aromatic rings. The van der Waals surface area contributed by atoms with Gasteiger partial charge < -0.3 is 19.7 Å². The predicted molar refractivity (Wildman–Crippen MR) is 62.7 cm³/mol. The molecule has 0 saturated heterocycles. The van der Waals surface area contributed by atoms with Crippen molar-refractivity contribution < 1.29 is 14.0 Å². The first-order chi connectivity index (χ1) is 8.11. The topological polar surface area (TPSA) is 60.9 Å². The minimum Gasteiger partial charge on any atom is -0.464 e. The van der Waals surface area contributed by atoms with E-state index in [9.17, 15) is 0 Å². The van der Waals surface area contributed by atoms with Gasteiger partial charge in [-0.15, -0.1) is 5.06 Å². The molecule has 2 unspecified atom stereocenters. The first-order valence-corrected chi connectivity index (χ1v) is 5.60. The first-order valence-electron chi connectivity index (χ1n) is 5.60. The van der Waals surface area contributed by atoms with E-state index in [1.807, 2.05) is 32.1 Å². The van der Waals surface area contributed by atoms with Crippen molar-refractivity contribution in [1.82, 2.24) is 5.06 Å². The Morgan fingerprint density at radius 2 is 2.29 bits per heavy atom. The molecule has 0 saturated carbocycles. The summed E-state index contributed by atoms with van der Waals surface area (Å²) in [5.41, 5.74) is 5.71. The van der Waals surface area contributed by atoms with Crippen LogP contribution in [0.4, 0.5) is 0 Å². The predicted octanol–water partition coefficient (Wildman–Crippen LogP) is 1.71. The maximum absolute atomic E-state index is 5.71. The van der Waals surface area contributed by atoms with E-state index >= 15 is 0 Å². The van der Waals surface area contributed by atoms with Gasteiger partial charge in [0.15, 0.2) is 0 Å². The summed E-state index contributed by atoms with van der Waals surface area (Å²) in [7, 11) is 1.66. The molecule has 5 nitrogen and oxygen atoms in total.